The van der Waals surface area contributed by atoms with Gasteiger partial charge in [-0.25, -0.2) is 9.97 Å². The van der Waals surface area contributed by atoms with Gasteiger partial charge in [-0.05, 0) is 31.6 Å². The van der Waals surface area contributed by atoms with Gasteiger partial charge in [-0.1, -0.05) is 0 Å². The van der Waals surface area contributed by atoms with Crippen molar-refractivity contribution in [2.45, 2.75) is 18.9 Å². The fraction of sp³-hybridized carbons (Fsp3) is 0.273. The van der Waals surface area contributed by atoms with E-state index in [1.165, 1.54) is 29.6 Å². The number of hydrogen-bond donors (Lipinski definition) is 1. The van der Waals surface area contributed by atoms with Crippen LogP contribution in [-0.4, -0.2) is 20.6 Å². The Kier molecular flexibility index (Phi) is 3.79. The third-order valence-electron chi connectivity index (χ3n) is 2.39. The van der Waals surface area contributed by atoms with Crippen LogP contribution in [-0.2, 0) is 0 Å². The molecule has 0 aliphatic rings. The molecule has 2 aromatic heterocycles. The molecule has 1 N–H and O–H groups in total. The molecule has 7 heteroatoms. The first-order valence-corrected chi connectivity index (χ1v) is 7.16. The van der Waals surface area contributed by atoms with Crippen LogP contribution in [0.1, 0.15) is 16.1 Å². The van der Waals surface area contributed by atoms with Crippen LogP contribution in [0.2, 0.25) is 0 Å². The molecule has 0 saturated carbocycles. The molecule has 0 radical (unpaired) electrons. The van der Waals surface area contributed by atoms with Crippen LogP contribution in [0.25, 0.3) is 0 Å². The van der Waals surface area contributed by atoms with Crippen molar-refractivity contribution < 1.29 is 0 Å². The van der Waals surface area contributed by atoms with Gasteiger partial charge < -0.3 is 5.32 Å². The second kappa shape index (κ2) is 5.33. The number of nitrogens with zero attached hydrogens (tertiary/aromatic N) is 4. The van der Waals surface area contributed by atoms with Crippen LogP contribution >= 0.6 is 23.3 Å². The van der Waals surface area contributed by atoms with E-state index < -0.39 is 0 Å². The lowest BCUT2D eigenvalue weighted by atomic mass is 10.3. The third-order valence-corrected chi connectivity index (χ3v) is 3.93. The molecule has 2 heterocycles. The number of nitriles is 1. The summed E-state index contributed by atoms with van der Waals surface area (Å²) in [5.41, 5.74) is 2.29. The molecule has 0 fully saturated rings. The maximum atomic E-state index is 9.20. The van der Waals surface area contributed by atoms with Crippen molar-refractivity contribution in [1.82, 2.24) is 14.3 Å². The molecule has 0 unspecified atom stereocenters. The van der Waals surface area contributed by atoms with E-state index in [2.05, 4.69) is 25.7 Å². The fourth-order valence-corrected chi connectivity index (χ4v) is 2.65. The minimum atomic E-state index is 0.468. The van der Waals surface area contributed by atoms with Crippen LogP contribution < -0.4 is 5.32 Å². The predicted octanol–water partition coefficient (Wildman–Crippen LogP) is 2.89. The SMILES string of the molecule is CSc1ncnc(Nc2c(C)nsc2C)c1C#N. The number of hydrogen-bond acceptors (Lipinski definition) is 7. The van der Waals surface area contributed by atoms with Crippen LogP contribution in [0.3, 0.4) is 0 Å². The first-order chi connectivity index (χ1) is 8.67. The summed E-state index contributed by atoms with van der Waals surface area (Å²) in [6.07, 6.45) is 3.34. The molecule has 0 aromatic carbocycles. The quantitative estimate of drug-likeness (QED) is 0.687. The number of nitrogens with one attached hydrogen (secondary N) is 1. The zero-order valence-electron chi connectivity index (χ0n) is 10.2. The highest BCUT2D eigenvalue weighted by Gasteiger charge is 2.13. The van der Waals surface area contributed by atoms with Crippen LogP contribution in [0.15, 0.2) is 11.4 Å². The van der Waals surface area contributed by atoms with Crippen molar-refractivity contribution in [3.63, 3.8) is 0 Å². The van der Waals surface area contributed by atoms with Gasteiger partial charge in [0, 0.05) is 4.88 Å². The van der Waals surface area contributed by atoms with Gasteiger partial charge in [-0.3, -0.25) is 0 Å². The summed E-state index contributed by atoms with van der Waals surface area (Å²) in [5.74, 6) is 0.531. The molecule has 0 amide bonds. The Morgan fingerprint density at radius 2 is 2.17 bits per heavy atom. The molecule has 0 atom stereocenters. The summed E-state index contributed by atoms with van der Waals surface area (Å²) < 4.78 is 4.26. The smallest absolute Gasteiger partial charge is 0.153 e. The van der Waals surface area contributed by atoms with Gasteiger partial charge in [0.05, 0.1) is 11.4 Å². The van der Waals surface area contributed by atoms with Gasteiger partial charge >= 0.3 is 0 Å². The molecule has 18 heavy (non-hydrogen) atoms. The summed E-state index contributed by atoms with van der Waals surface area (Å²) >= 11 is 2.86. The fourth-order valence-electron chi connectivity index (χ4n) is 1.50. The summed E-state index contributed by atoms with van der Waals surface area (Å²) in [6, 6.07) is 2.14. The van der Waals surface area contributed by atoms with Gasteiger partial charge in [0.15, 0.2) is 5.82 Å². The molecular formula is C11H11N5S2. The summed E-state index contributed by atoms with van der Waals surface area (Å²) in [5, 5.41) is 13.1. The highest BCUT2D eigenvalue weighted by molar-refractivity contribution is 7.98. The van der Waals surface area contributed by atoms with Crippen molar-refractivity contribution in [2.24, 2.45) is 0 Å². The van der Waals surface area contributed by atoms with E-state index in [0.29, 0.717) is 16.4 Å². The van der Waals surface area contributed by atoms with E-state index in [-0.39, 0.29) is 0 Å². The lowest BCUT2D eigenvalue weighted by Gasteiger charge is -2.08. The molecule has 0 saturated heterocycles. The molecule has 0 aliphatic heterocycles. The molecule has 0 bridgehead atoms. The second-order valence-electron chi connectivity index (χ2n) is 3.54. The van der Waals surface area contributed by atoms with E-state index >= 15 is 0 Å². The minimum absolute atomic E-state index is 0.468. The molecule has 0 aliphatic carbocycles. The summed E-state index contributed by atoms with van der Waals surface area (Å²) in [6.45, 7) is 3.91. The van der Waals surface area contributed by atoms with Crippen LogP contribution in [0, 0.1) is 25.2 Å². The average Bonchev–Trinajstić information content (AvgIpc) is 2.70. The number of rotatable bonds is 3. The maximum absolute atomic E-state index is 9.20. The van der Waals surface area contributed by atoms with Gasteiger partial charge in [-0.15, -0.1) is 11.8 Å². The van der Waals surface area contributed by atoms with Crippen molar-refractivity contribution in [2.75, 3.05) is 11.6 Å². The van der Waals surface area contributed by atoms with E-state index in [1.807, 2.05) is 20.1 Å². The Morgan fingerprint density at radius 3 is 2.72 bits per heavy atom. The number of thioether (sulfide) groups is 1. The van der Waals surface area contributed by atoms with Crippen LogP contribution in [0.4, 0.5) is 11.5 Å². The topological polar surface area (TPSA) is 74.5 Å². The third kappa shape index (κ3) is 2.30. The number of aryl methyl sites for hydroxylation is 2. The van der Waals surface area contributed by atoms with Gasteiger partial charge in [0.1, 0.15) is 23.0 Å². The largest absolute Gasteiger partial charge is 0.337 e. The standard InChI is InChI=1S/C11H11N5S2/c1-6-9(7(2)18-16-6)15-10-8(4-12)11(17-3)14-5-13-10/h5H,1-3H3,(H,13,14,15). The van der Waals surface area contributed by atoms with Crippen molar-refractivity contribution >= 4 is 34.8 Å². The van der Waals surface area contributed by atoms with Crippen molar-refractivity contribution in [1.29, 1.82) is 5.26 Å². The van der Waals surface area contributed by atoms with Gasteiger partial charge in [0.2, 0.25) is 0 Å². The van der Waals surface area contributed by atoms with Gasteiger partial charge in [-0.2, -0.15) is 9.64 Å². The highest BCUT2D eigenvalue weighted by Crippen LogP contribution is 2.29. The Morgan fingerprint density at radius 1 is 1.39 bits per heavy atom. The lowest BCUT2D eigenvalue weighted by molar-refractivity contribution is 1.03. The average molecular weight is 277 g/mol. The van der Waals surface area contributed by atoms with Crippen molar-refractivity contribution in [3.8, 4) is 6.07 Å². The Hall–Kier alpha value is -1.65. The molecule has 2 rings (SSSR count). The van der Waals surface area contributed by atoms with Gasteiger partial charge in [0.25, 0.3) is 0 Å². The Balaban J connectivity index is 2.44. The summed E-state index contributed by atoms with van der Waals surface area (Å²) in [7, 11) is 0. The zero-order chi connectivity index (χ0) is 13.1. The first-order valence-electron chi connectivity index (χ1n) is 5.16. The number of aromatic nitrogens is 3. The minimum Gasteiger partial charge on any atom is -0.337 e. The molecule has 5 nitrogen and oxygen atoms in total. The number of anilines is 2. The Bertz CT molecular complexity index is 595. The molecule has 0 spiro atoms. The van der Waals surface area contributed by atoms with E-state index in [1.54, 1.807) is 0 Å². The zero-order valence-corrected chi connectivity index (χ0v) is 11.8. The molecule has 2 aromatic rings. The van der Waals surface area contributed by atoms with E-state index in [0.717, 1.165) is 16.3 Å². The first kappa shape index (κ1) is 12.8. The van der Waals surface area contributed by atoms with E-state index in [9.17, 15) is 5.26 Å². The predicted molar refractivity (Wildman–Crippen MR) is 73.4 cm³/mol. The normalized spacial score (nSPS) is 10.1. The Labute approximate surface area is 113 Å². The highest BCUT2D eigenvalue weighted by atomic mass is 32.2. The van der Waals surface area contributed by atoms with Crippen molar-refractivity contribution in [3.05, 3.63) is 22.5 Å². The van der Waals surface area contributed by atoms with Crippen LogP contribution in [0.5, 0.6) is 0 Å². The molecular weight excluding hydrogens is 266 g/mol. The van der Waals surface area contributed by atoms with E-state index in [4.69, 9.17) is 0 Å². The molecule has 92 valence electrons. The summed E-state index contributed by atoms with van der Waals surface area (Å²) in [4.78, 5) is 9.28. The monoisotopic (exact) mass is 277 g/mol. The maximum Gasteiger partial charge on any atom is 0.153 e. The lowest BCUT2D eigenvalue weighted by Crippen LogP contribution is -2.01. The second-order valence-corrected chi connectivity index (χ2v) is 5.31.